The van der Waals surface area contributed by atoms with Crippen LogP contribution in [-0.2, 0) is 21.4 Å². The fraction of sp³-hybridized carbons (Fsp3) is 0.333. The van der Waals surface area contributed by atoms with Gasteiger partial charge >= 0.3 is 0 Å². The summed E-state index contributed by atoms with van der Waals surface area (Å²) < 4.78 is 29.0. The Bertz CT molecular complexity index is 1500. The molecule has 3 N–H and O–H groups in total. The lowest BCUT2D eigenvalue weighted by Crippen LogP contribution is -2.28. The summed E-state index contributed by atoms with van der Waals surface area (Å²) in [6.45, 7) is 3.87. The molecule has 1 amide bonds. The van der Waals surface area contributed by atoms with Crippen molar-refractivity contribution in [1.29, 1.82) is 0 Å². The maximum atomic E-state index is 12.5. The van der Waals surface area contributed by atoms with E-state index in [1.807, 2.05) is 11.8 Å². The van der Waals surface area contributed by atoms with Gasteiger partial charge in [0.1, 0.15) is 17.8 Å². The third-order valence-electron chi connectivity index (χ3n) is 6.26. The molecule has 0 bridgehead atoms. The average molecular weight is 492 g/mol. The number of sulfonamides is 1. The number of hydrogen-bond donors (Lipinski definition) is 2. The number of likely N-dealkylation sites (tertiary alicyclic amines) is 1. The van der Waals surface area contributed by atoms with Crippen LogP contribution in [0.2, 0.25) is 0 Å². The van der Waals surface area contributed by atoms with E-state index < -0.39 is 10.0 Å². The summed E-state index contributed by atoms with van der Waals surface area (Å²) >= 11 is 0. The highest BCUT2D eigenvalue weighted by molar-refractivity contribution is 7.89. The minimum absolute atomic E-state index is 0.0891. The van der Waals surface area contributed by atoms with Gasteiger partial charge in [0.2, 0.25) is 15.9 Å². The molecular formula is C24H25N7O3S. The number of amides is 1. The second-order valence-corrected chi connectivity index (χ2v) is 10.5. The van der Waals surface area contributed by atoms with Gasteiger partial charge in [-0.2, -0.15) is 9.82 Å². The van der Waals surface area contributed by atoms with E-state index in [-0.39, 0.29) is 29.1 Å². The number of allylic oxidation sites excluding steroid dienone is 1. The van der Waals surface area contributed by atoms with Crippen molar-refractivity contribution in [3.05, 3.63) is 53.5 Å². The number of carbonyl (C=O) groups is 1. The van der Waals surface area contributed by atoms with Crippen LogP contribution in [0.4, 0.5) is 5.82 Å². The molecule has 180 valence electrons. The summed E-state index contributed by atoms with van der Waals surface area (Å²) in [6.07, 6.45) is 3.08. The molecule has 11 heteroatoms. The van der Waals surface area contributed by atoms with E-state index in [1.165, 1.54) is 24.0 Å². The monoisotopic (exact) mass is 491 g/mol. The number of carbonyl (C=O) groups excluding carboxylic acids is 1. The second-order valence-electron chi connectivity index (χ2n) is 8.77. The summed E-state index contributed by atoms with van der Waals surface area (Å²) in [5, 5.41) is 5.14. The number of nitrogens with zero attached hydrogens (tertiary/aromatic N) is 5. The van der Waals surface area contributed by atoms with Crippen molar-refractivity contribution >= 4 is 32.8 Å². The van der Waals surface area contributed by atoms with E-state index in [4.69, 9.17) is 5.73 Å². The standard InChI is InChI=1S/C24H25N7O3S/c1-16-12-19(16)24(32)30-11-9-17(13-30)14-31-23-21(22(25)26-15-27-23)20(29-31)8-5-10-28-35(33,34)18-6-3-2-4-7-18/h2-4,6-7,15,17,28H,9-14H2,1H3,(H2,25,26,27)/t17-/m1/s1. The summed E-state index contributed by atoms with van der Waals surface area (Å²) in [6, 6.07) is 8.10. The number of fused-ring (bicyclic) bond motifs is 1. The van der Waals surface area contributed by atoms with Crippen LogP contribution in [0.25, 0.3) is 11.0 Å². The van der Waals surface area contributed by atoms with Crippen molar-refractivity contribution in [3.8, 4) is 11.8 Å². The Balaban J connectivity index is 1.31. The van der Waals surface area contributed by atoms with Gasteiger partial charge in [0.05, 0.1) is 16.8 Å². The largest absolute Gasteiger partial charge is 0.383 e. The highest BCUT2D eigenvalue weighted by Crippen LogP contribution is 2.33. The van der Waals surface area contributed by atoms with E-state index in [0.29, 0.717) is 29.8 Å². The molecule has 2 aromatic heterocycles. The molecule has 35 heavy (non-hydrogen) atoms. The number of benzene rings is 1. The van der Waals surface area contributed by atoms with Crippen LogP contribution >= 0.6 is 0 Å². The zero-order chi connectivity index (χ0) is 24.6. The van der Waals surface area contributed by atoms with Gasteiger partial charge in [-0.1, -0.05) is 29.7 Å². The van der Waals surface area contributed by atoms with Gasteiger partial charge in [0.15, 0.2) is 5.65 Å². The second kappa shape index (κ2) is 9.13. The zero-order valence-corrected chi connectivity index (χ0v) is 20.0. The van der Waals surface area contributed by atoms with Crippen LogP contribution < -0.4 is 10.5 Å². The van der Waals surface area contributed by atoms with Crippen molar-refractivity contribution in [1.82, 2.24) is 29.4 Å². The Morgan fingerprint density at radius 1 is 1.26 bits per heavy atom. The minimum Gasteiger partial charge on any atom is -0.383 e. The fourth-order valence-electron chi connectivity index (χ4n) is 4.27. The summed E-state index contributed by atoms with van der Waals surface area (Å²) in [5.41, 5.74) is 9.18. The molecule has 3 heterocycles. The van der Waals surface area contributed by atoms with E-state index >= 15 is 0 Å². The predicted molar refractivity (Wildman–Crippen MR) is 130 cm³/mol. The molecule has 0 unspecified atom stereocenters. The molecule has 0 saturated carbocycles. The molecule has 10 nitrogen and oxygen atoms in total. The number of rotatable bonds is 6. The van der Waals surface area contributed by atoms with Crippen molar-refractivity contribution in [2.75, 3.05) is 25.4 Å². The molecule has 1 saturated heterocycles. The van der Waals surface area contributed by atoms with Gasteiger partial charge in [0.25, 0.3) is 0 Å². The predicted octanol–water partition coefficient (Wildman–Crippen LogP) is 1.31. The third kappa shape index (κ3) is 4.76. The summed E-state index contributed by atoms with van der Waals surface area (Å²) in [5.74, 6) is 6.36. The van der Waals surface area contributed by atoms with Crippen LogP contribution in [0.3, 0.4) is 0 Å². The zero-order valence-electron chi connectivity index (χ0n) is 19.2. The number of aromatic nitrogens is 4. The van der Waals surface area contributed by atoms with E-state index in [2.05, 4.69) is 31.6 Å². The van der Waals surface area contributed by atoms with Crippen molar-refractivity contribution in [2.45, 2.75) is 31.2 Å². The molecule has 1 atom stereocenters. The van der Waals surface area contributed by atoms with E-state index in [1.54, 1.807) is 22.9 Å². The first-order valence-corrected chi connectivity index (χ1v) is 12.8. The van der Waals surface area contributed by atoms with Crippen LogP contribution in [0.15, 0.2) is 52.7 Å². The van der Waals surface area contributed by atoms with Crippen molar-refractivity contribution in [3.63, 3.8) is 0 Å². The highest BCUT2D eigenvalue weighted by atomic mass is 32.2. The Hall–Kier alpha value is -3.75. The van der Waals surface area contributed by atoms with E-state index in [9.17, 15) is 13.2 Å². The number of nitrogen functional groups attached to an aromatic ring is 1. The molecule has 0 spiro atoms. The molecule has 1 fully saturated rings. The Kier molecular flexibility index (Phi) is 6.00. The fourth-order valence-corrected chi connectivity index (χ4v) is 5.21. The molecule has 3 aromatic rings. The normalized spacial score (nSPS) is 17.5. The number of anilines is 1. The molecule has 0 radical (unpaired) electrons. The Labute approximate surface area is 203 Å². The lowest BCUT2D eigenvalue weighted by Gasteiger charge is -2.15. The first kappa shape index (κ1) is 23.0. The average Bonchev–Trinajstić information content (AvgIpc) is 3.24. The Morgan fingerprint density at radius 2 is 2.03 bits per heavy atom. The van der Waals surface area contributed by atoms with Gasteiger partial charge < -0.3 is 10.6 Å². The molecule has 1 aliphatic heterocycles. The molecule has 2 aliphatic rings. The van der Waals surface area contributed by atoms with E-state index in [0.717, 1.165) is 25.0 Å². The molecule has 5 rings (SSSR count). The molecule has 1 aliphatic carbocycles. The van der Waals surface area contributed by atoms with Crippen LogP contribution in [0.5, 0.6) is 0 Å². The smallest absolute Gasteiger partial charge is 0.250 e. The first-order chi connectivity index (χ1) is 16.8. The van der Waals surface area contributed by atoms with Crippen LogP contribution in [0, 0.1) is 17.8 Å². The molecular weight excluding hydrogens is 466 g/mol. The SMILES string of the molecule is CC1=C(C(=O)N2CC[C@@H](Cn3nc(C#CCNS(=O)(=O)c4ccccc4)c4c(N)ncnc43)C2)C1. The summed E-state index contributed by atoms with van der Waals surface area (Å²) in [7, 11) is -3.66. The summed E-state index contributed by atoms with van der Waals surface area (Å²) in [4.78, 5) is 23.0. The Morgan fingerprint density at radius 3 is 2.77 bits per heavy atom. The number of nitrogens with one attached hydrogen (secondary N) is 1. The van der Waals surface area contributed by atoms with Gasteiger partial charge in [-0.05, 0) is 43.7 Å². The maximum Gasteiger partial charge on any atom is 0.250 e. The number of nitrogens with two attached hydrogens (primary N) is 1. The van der Waals surface area contributed by atoms with Crippen LogP contribution in [-0.4, -0.2) is 58.6 Å². The third-order valence-corrected chi connectivity index (χ3v) is 7.68. The molecule has 1 aromatic carbocycles. The lowest BCUT2D eigenvalue weighted by atomic mass is 10.1. The van der Waals surface area contributed by atoms with Gasteiger partial charge in [-0.15, -0.1) is 0 Å². The van der Waals surface area contributed by atoms with Crippen LogP contribution in [0.1, 0.15) is 25.5 Å². The highest BCUT2D eigenvalue weighted by Gasteiger charge is 2.33. The van der Waals surface area contributed by atoms with Crippen molar-refractivity contribution in [2.24, 2.45) is 5.92 Å². The maximum absolute atomic E-state index is 12.5. The lowest BCUT2D eigenvalue weighted by molar-refractivity contribution is -0.125. The van der Waals surface area contributed by atoms with Gasteiger partial charge in [-0.3, -0.25) is 4.79 Å². The quantitative estimate of drug-likeness (QED) is 0.496. The minimum atomic E-state index is -3.66. The number of hydrogen-bond acceptors (Lipinski definition) is 7. The van der Waals surface area contributed by atoms with Gasteiger partial charge in [-0.25, -0.2) is 23.1 Å². The van der Waals surface area contributed by atoms with Crippen molar-refractivity contribution < 1.29 is 13.2 Å². The van der Waals surface area contributed by atoms with Gasteiger partial charge in [0, 0.05) is 25.2 Å². The topological polar surface area (TPSA) is 136 Å². The first-order valence-electron chi connectivity index (χ1n) is 11.3.